The summed E-state index contributed by atoms with van der Waals surface area (Å²) in [5, 5.41) is 8.64. The van der Waals surface area contributed by atoms with Crippen LogP contribution in [0.1, 0.15) is 13.8 Å². The van der Waals surface area contributed by atoms with Gasteiger partial charge in [-0.25, -0.2) is 9.50 Å². The third-order valence-corrected chi connectivity index (χ3v) is 5.42. The van der Waals surface area contributed by atoms with Gasteiger partial charge in [-0.05, 0) is 38.1 Å². The molecule has 7 nitrogen and oxygen atoms in total. The number of anilines is 1. The molecule has 1 N–H and O–H groups in total. The second-order valence-corrected chi connectivity index (χ2v) is 8.52. The van der Waals surface area contributed by atoms with E-state index in [1.54, 1.807) is 12.3 Å². The van der Waals surface area contributed by atoms with E-state index in [9.17, 15) is 13.2 Å². The van der Waals surface area contributed by atoms with Crippen LogP contribution in [0.5, 0.6) is 5.88 Å². The molecule has 1 fully saturated rings. The van der Waals surface area contributed by atoms with E-state index in [1.165, 1.54) is 10.6 Å². The second kappa shape index (κ2) is 7.40. The first-order valence-electron chi connectivity index (χ1n) is 10.3. The average Bonchev–Trinajstić information content (AvgIpc) is 3.34. The average molecular weight is 445 g/mol. The lowest BCUT2D eigenvalue weighted by Crippen LogP contribution is -2.57. The molecule has 0 spiro atoms. The Labute approximate surface area is 181 Å². The van der Waals surface area contributed by atoms with Gasteiger partial charge in [-0.3, -0.25) is 0 Å². The summed E-state index contributed by atoms with van der Waals surface area (Å²) in [4.78, 5) is 6.62. The maximum absolute atomic E-state index is 12.5. The number of rotatable bonds is 4. The normalized spacial score (nSPS) is 16.7. The number of hydrogen-bond donors (Lipinski definition) is 1. The van der Waals surface area contributed by atoms with Crippen LogP contribution in [0.15, 0.2) is 47.0 Å². The van der Waals surface area contributed by atoms with Gasteiger partial charge in [0.05, 0.1) is 6.20 Å². The molecular formula is C22H22F3N5O2. The Morgan fingerprint density at radius 3 is 2.84 bits per heavy atom. The van der Waals surface area contributed by atoms with E-state index in [0.717, 1.165) is 30.7 Å². The van der Waals surface area contributed by atoms with Crippen LogP contribution in [0.2, 0.25) is 0 Å². The van der Waals surface area contributed by atoms with Crippen LogP contribution in [0.3, 0.4) is 0 Å². The lowest BCUT2D eigenvalue weighted by Gasteiger charge is -2.40. The molecule has 0 unspecified atom stereocenters. The zero-order valence-electron chi connectivity index (χ0n) is 17.6. The first-order chi connectivity index (χ1) is 15.2. The molecule has 1 saturated heterocycles. The topological polar surface area (TPSA) is 67.8 Å². The van der Waals surface area contributed by atoms with E-state index in [4.69, 9.17) is 9.15 Å². The number of hydrogen-bond acceptors (Lipinski definition) is 6. The Morgan fingerprint density at radius 1 is 1.22 bits per heavy atom. The summed E-state index contributed by atoms with van der Waals surface area (Å²) in [5.41, 5.74) is 2.78. The molecule has 0 atom stereocenters. The van der Waals surface area contributed by atoms with Crippen molar-refractivity contribution < 1.29 is 22.3 Å². The van der Waals surface area contributed by atoms with Gasteiger partial charge in [0.2, 0.25) is 5.88 Å². The van der Waals surface area contributed by atoms with E-state index in [-0.39, 0.29) is 11.4 Å². The highest BCUT2D eigenvalue weighted by atomic mass is 19.4. The zero-order valence-corrected chi connectivity index (χ0v) is 17.6. The van der Waals surface area contributed by atoms with Crippen molar-refractivity contribution in [2.24, 2.45) is 0 Å². The minimum atomic E-state index is -4.44. The molecule has 4 aromatic rings. The summed E-state index contributed by atoms with van der Waals surface area (Å²) in [6.07, 6.45) is -2.86. The summed E-state index contributed by atoms with van der Waals surface area (Å²) in [7, 11) is 0. The van der Waals surface area contributed by atoms with Gasteiger partial charge in [-0.15, -0.1) is 5.10 Å². The number of nitrogens with zero attached hydrogens (tertiary/aromatic N) is 4. The predicted molar refractivity (Wildman–Crippen MR) is 114 cm³/mol. The fourth-order valence-corrected chi connectivity index (χ4v) is 4.05. The molecule has 1 aliphatic rings. The quantitative estimate of drug-likeness (QED) is 0.506. The van der Waals surface area contributed by atoms with Crippen molar-refractivity contribution in [3.63, 3.8) is 0 Å². The van der Waals surface area contributed by atoms with Gasteiger partial charge >= 0.3 is 6.18 Å². The molecule has 5 rings (SSSR count). The highest BCUT2D eigenvalue weighted by molar-refractivity contribution is 5.94. The predicted octanol–water partition coefficient (Wildman–Crippen LogP) is 4.27. The van der Waals surface area contributed by atoms with Crippen LogP contribution >= 0.6 is 0 Å². The molecule has 0 radical (unpaired) electrons. The van der Waals surface area contributed by atoms with Crippen molar-refractivity contribution in [1.29, 1.82) is 0 Å². The largest absolute Gasteiger partial charge is 0.467 e. The van der Waals surface area contributed by atoms with Gasteiger partial charge in [-0.1, -0.05) is 6.07 Å². The molecule has 32 heavy (non-hydrogen) atoms. The van der Waals surface area contributed by atoms with Crippen LogP contribution < -0.4 is 15.0 Å². The van der Waals surface area contributed by atoms with Crippen molar-refractivity contribution >= 4 is 22.3 Å². The second-order valence-electron chi connectivity index (χ2n) is 8.52. The van der Waals surface area contributed by atoms with E-state index < -0.39 is 12.8 Å². The molecule has 3 aromatic heterocycles. The molecule has 168 valence electrons. The van der Waals surface area contributed by atoms with E-state index in [1.807, 2.05) is 18.2 Å². The van der Waals surface area contributed by atoms with Crippen LogP contribution in [0.4, 0.5) is 18.9 Å². The maximum Gasteiger partial charge on any atom is 0.422 e. The number of halogens is 3. The zero-order chi connectivity index (χ0) is 22.5. The Kier molecular flexibility index (Phi) is 4.77. The highest BCUT2D eigenvalue weighted by Crippen LogP contribution is 2.35. The number of nitrogens with one attached hydrogen (secondary N) is 1. The Morgan fingerprint density at radius 2 is 2.06 bits per heavy atom. The fraction of sp³-hybridized carbons (Fsp3) is 0.364. The molecule has 0 bridgehead atoms. The van der Waals surface area contributed by atoms with Crippen molar-refractivity contribution in [2.75, 3.05) is 31.1 Å². The number of furan rings is 1. The maximum atomic E-state index is 12.5. The molecule has 1 aromatic carbocycles. The third kappa shape index (κ3) is 3.97. The summed E-state index contributed by atoms with van der Waals surface area (Å²) < 4.78 is 49.8. The van der Waals surface area contributed by atoms with Gasteiger partial charge in [0.15, 0.2) is 18.0 Å². The van der Waals surface area contributed by atoms with Gasteiger partial charge in [0.1, 0.15) is 11.3 Å². The molecule has 0 saturated carbocycles. The molecule has 0 aliphatic carbocycles. The van der Waals surface area contributed by atoms with Crippen molar-refractivity contribution in [1.82, 2.24) is 19.9 Å². The summed E-state index contributed by atoms with van der Waals surface area (Å²) in [6, 6.07) is 10.8. The first-order valence-corrected chi connectivity index (χ1v) is 10.3. The number of ether oxygens (including phenoxy) is 1. The lowest BCUT2D eigenvalue weighted by atomic mass is 10.0. The van der Waals surface area contributed by atoms with Gasteiger partial charge < -0.3 is 19.4 Å². The summed E-state index contributed by atoms with van der Waals surface area (Å²) in [6.45, 7) is 5.53. The van der Waals surface area contributed by atoms with Crippen LogP contribution in [-0.4, -0.2) is 52.6 Å². The fourth-order valence-electron chi connectivity index (χ4n) is 4.05. The van der Waals surface area contributed by atoms with Crippen LogP contribution in [-0.2, 0) is 0 Å². The number of imidazole rings is 1. The van der Waals surface area contributed by atoms with Crippen molar-refractivity contribution in [3.8, 4) is 17.3 Å². The van der Waals surface area contributed by atoms with Gasteiger partial charge in [0.25, 0.3) is 0 Å². The summed E-state index contributed by atoms with van der Waals surface area (Å²) >= 11 is 0. The minimum Gasteiger partial charge on any atom is -0.467 e. The van der Waals surface area contributed by atoms with Crippen LogP contribution in [0.25, 0.3) is 28.1 Å². The standard InChI is InChI=1S/C22H22F3N5O2/c1-21(2)12-29(9-8-27-21)15-4-3-5-17-14(15)10-18(32-17)16-11-26-19-6-7-20(28-30(16)19)31-13-22(23,24)25/h3-7,10-11,27H,8-9,12-13H2,1-2H3. The first kappa shape index (κ1) is 20.6. The van der Waals surface area contributed by atoms with E-state index in [2.05, 4.69) is 40.2 Å². The monoisotopic (exact) mass is 445 g/mol. The molecule has 4 heterocycles. The minimum absolute atomic E-state index is 0.00856. The smallest absolute Gasteiger partial charge is 0.422 e. The SMILES string of the molecule is CC1(C)CN(c2cccc3oc(-c4cnc5ccc(OCC(F)(F)F)nn45)cc23)CCN1. The Bertz CT molecular complexity index is 1280. The number of benzene rings is 1. The van der Waals surface area contributed by atoms with Gasteiger partial charge in [-0.2, -0.15) is 13.2 Å². The van der Waals surface area contributed by atoms with Gasteiger partial charge in [0, 0.05) is 42.3 Å². The van der Waals surface area contributed by atoms with E-state index >= 15 is 0 Å². The number of fused-ring (bicyclic) bond motifs is 2. The molecule has 0 amide bonds. The molecule has 10 heteroatoms. The lowest BCUT2D eigenvalue weighted by molar-refractivity contribution is -0.154. The molecular weight excluding hydrogens is 423 g/mol. The van der Waals surface area contributed by atoms with Crippen molar-refractivity contribution in [2.45, 2.75) is 25.6 Å². The van der Waals surface area contributed by atoms with Crippen LogP contribution in [0, 0.1) is 0 Å². The highest BCUT2D eigenvalue weighted by Gasteiger charge is 2.29. The van der Waals surface area contributed by atoms with E-state index in [0.29, 0.717) is 22.7 Å². The number of aromatic nitrogens is 3. The Balaban J connectivity index is 1.52. The number of piperazine rings is 1. The molecule has 1 aliphatic heterocycles. The summed E-state index contributed by atoms with van der Waals surface area (Å²) in [5.74, 6) is 0.378. The number of alkyl halides is 3. The Hall–Kier alpha value is -3.27. The third-order valence-electron chi connectivity index (χ3n) is 5.42. The van der Waals surface area contributed by atoms with Crippen molar-refractivity contribution in [3.05, 3.63) is 42.6 Å².